The van der Waals surface area contributed by atoms with Crippen molar-refractivity contribution in [2.24, 2.45) is 0 Å². The minimum atomic E-state index is -0.0268. The average Bonchev–Trinajstić information content (AvgIpc) is 2.42. The zero-order valence-electron chi connectivity index (χ0n) is 13.2. The molecule has 0 aromatic rings. The van der Waals surface area contributed by atoms with Crippen LogP contribution in [0.1, 0.15) is 71.6 Å². The standard InChI is InChI=1S/C16H32O3S/c1-3-5-6-7-8-10-15(11-9-12-16(17)20)19-14-13-18-4-2/h15H,3-14H2,1-2H3,(H,17,20). The fourth-order valence-electron chi connectivity index (χ4n) is 2.19. The molecule has 0 aliphatic carbocycles. The van der Waals surface area contributed by atoms with Gasteiger partial charge in [0.15, 0.2) is 5.12 Å². The van der Waals surface area contributed by atoms with E-state index in [0.29, 0.717) is 19.6 Å². The molecule has 0 saturated carbocycles. The molecule has 3 nitrogen and oxygen atoms in total. The first-order valence-electron chi connectivity index (χ1n) is 8.11. The molecule has 1 unspecified atom stereocenters. The third kappa shape index (κ3) is 14.4. The highest BCUT2D eigenvalue weighted by molar-refractivity contribution is 7.96. The summed E-state index contributed by atoms with van der Waals surface area (Å²) in [5, 5.41) is -0.0268. The quantitative estimate of drug-likeness (QED) is 0.360. The van der Waals surface area contributed by atoms with Crippen LogP contribution in [0.3, 0.4) is 0 Å². The van der Waals surface area contributed by atoms with Crippen LogP contribution in [-0.2, 0) is 14.3 Å². The van der Waals surface area contributed by atoms with Crippen molar-refractivity contribution in [2.45, 2.75) is 77.7 Å². The van der Waals surface area contributed by atoms with Gasteiger partial charge >= 0.3 is 0 Å². The lowest BCUT2D eigenvalue weighted by molar-refractivity contribution is -0.111. The first-order valence-corrected chi connectivity index (χ1v) is 8.56. The Morgan fingerprint density at radius 2 is 1.70 bits per heavy atom. The summed E-state index contributed by atoms with van der Waals surface area (Å²) in [4.78, 5) is 10.9. The molecule has 0 spiro atoms. The van der Waals surface area contributed by atoms with Gasteiger partial charge < -0.3 is 9.47 Å². The highest BCUT2D eigenvalue weighted by atomic mass is 32.1. The van der Waals surface area contributed by atoms with Gasteiger partial charge in [0.05, 0.1) is 19.3 Å². The first kappa shape index (κ1) is 19.9. The van der Waals surface area contributed by atoms with Crippen LogP contribution in [0.4, 0.5) is 0 Å². The molecular formula is C16H32O3S. The van der Waals surface area contributed by atoms with E-state index in [0.717, 1.165) is 25.9 Å². The van der Waals surface area contributed by atoms with Gasteiger partial charge in [-0.3, -0.25) is 4.79 Å². The minimum absolute atomic E-state index is 0.0268. The van der Waals surface area contributed by atoms with Crippen molar-refractivity contribution in [3.8, 4) is 0 Å². The number of thiol groups is 1. The van der Waals surface area contributed by atoms with Crippen LogP contribution >= 0.6 is 12.6 Å². The Bertz CT molecular complexity index is 222. The summed E-state index contributed by atoms with van der Waals surface area (Å²) in [5.41, 5.74) is 0. The Labute approximate surface area is 130 Å². The zero-order chi connectivity index (χ0) is 15.1. The van der Waals surface area contributed by atoms with E-state index in [9.17, 15) is 4.79 Å². The monoisotopic (exact) mass is 304 g/mol. The first-order chi connectivity index (χ1) is 9.70. The van der Waals surface area contributed by atoms with Gasteiger partial charge in [0.2, 0.25) is 0 Å². The number of hydrogen-bond donors (Lipinski definition) is 1. The van der Waals surface area contributed by atoms with Crippen LogP contribution in [0.2, 0.25) is 0 Å². The number of ether oxygens (including phenoxy) is 2. The van der Waals surface area contributed by atoms with Crippen LogP contribution in [0, 0.1) is 0 Å². The Morgan fingerprint density at radius 1 is 1.00 bits per heavy atom. The molecule has 0 aliphatic rings. The second-order valence-corrected chi connectivity index (χ2v) is 5.68. The maximum atomic E-state index is 10.9. The summed E-state index contributed by atoms with van der Waals surface area (Å²) in [7, 11) is 0. The lowest BCUT2D eigenvalue weighted by atomic mass is 10.0. The molecule has 1 atom stereocenters. The third-order valence-electron chi connectivity index (χ3n) is 3.33. The van der Waals surface area contributed by atoms with Gasteiger partial charge in [-0.15, -0.1) is 12.6 Å². The van der Waals surface area contributed by atoms with Crippen molar-refractivity contribution in [3.63, 3.8) is 0 Å². The van der Waals surface area contributed by atoms with Crippen molar-refractivity contribution in [1.82, 2.24) is 0 Å². The van der Waals surface area contributed by atoms with E-state index in [-0.39, 0.29) is 11.2 Å². The summed E-state index contributed by atoms with van der Waals surface area (Å²) < 4.78 is 11.2. The van der Waals surface area contributed by atoms with Crippen molar-refractivity contribution >= 4 is 17.7 Å². The second kappa shape index (κ2) is 15.3. The topological polar surface area (TPSA) is 35.5 Å². The van der Waals surface area contributed by atoms with Crippen molar-refractivity contribution in [3.05, 3.63) is 0 Å². The Balaban J connectivity index is 3.75. The predicted molar refractivity (Wildman–Crippen MR) is 87.5 cm³/mol. The Morgan fingerprint density at radius 3 is 2.35 bits per heavy atom. The number of hydrogen-bond acceptors (Lipinski definition) is 3. The lowest BCUT2D eigenvalue weighted by Gasteiger charge is -2.17. The van der Waals surface area contributed by atoms with E-state index in [4.69, 9.17) is 9.47 Å². The average molecular weight is 304 g/mol. The van der Waals surface area contributed by atoms with Crippen molar-refractivity contribution in [2.75, 3.05) is 19.8 Å². The van der Waals surface area contributed by atoms with Gasteiger partial charge in [0.25, 0.3) is 0 Å². The normalized spacial score (nSPS) is 12.6. The van der Waals surface area contributed by atoms with Gasteiger partial charge in [-0.25, -0.2) is 0 Å². The van der Waals surface area contributed by atoms with Crippen LogP contribution in [0.5, 0.6) is 0 Å². The third-order valence-corrected chi connectivity index (χ3v) is 3.56. The maximum absolute atomic E-state index is 10.9. The molecule has 0 rings (SSSR count). The van der Waals surface area contributed by atoms with Crippen LogP contribution < -0.4 is 0 Å². The van der Waals surface area contributed by atoms with Gasteiger partial charge in [0.1, 0.15) is 0 Å². The molecular weight excluding hydrogens is 272 g/mol. The van der Waals surface area contributed by atoms with E-state index >= 15 is 0 Å². The highest BCUT2D eigenvalue weighted by Crippen LogP contribution is 2.15. The van der Waals surface area contributed by atoms with Gasteiger partial charge in [0, 0.05) is 13.0 Å². The fraction of sp³-hybridized carbons (Fsp3) is 0.938. The lowest BCUT2D eigenvalue weighted by Crippen LogP contribution is -2.17. The summed E-state index contributed by atoms with van der Waals surface area (Å²) in [6.45, 7) is 6.27. The van der Waals surface area contributed by atoms with E-state index in [1.54, 1.807) is 0 Å². The molecule has 0 heterocycles. The molecule has 20 heavy (non-hydrogen) atoms. The van der Waals surface area contributed by atoms with Crippen LogP contribution in [0.25, 0.3) is 0 Å². The largest absolute Gasteiger partial charge is 0.379 e. The molecule has 0 bridgehead atoms. The van der Waals surface area contributed by atoms with Crippen molar-refractivity contribution < 1.29 is 14.3 Å². The summed E-state index contributed by atoms with van der Waals surface area (Å²) in [6.07, 6.45) is 10.1. The smallest absolute Gasteiger partial charge is 0.185 e. The summed E-state index contributed by atoms with van der Waals surface area (Å²) in [5.74, 6) is 0. The molecule has 0 saturated heterocycles. The summed E-state index contributed by atoms with van der Waals surface area (Å²) in [6, 6.07) is 0. The maximum Gasteiger partial charge on any atom is 0.185 e. The van der Waals surface area contributed by atoms with Gasteiger partial charge in [-0.05, 0) is 26.2 Å². The molecule has 4 heteroatoms. The fourth-order valence-corrected chi connectivity index (χ4v) is 2.34. The zero-order valence-corrected chi connectivity index (χ0v) is 14.1. The van der Waals surface area contributed by atoms with E-state index in [2.05, 4.69) is 19.6 Å². The Kier molecular flexibility index (Phi) is 15.3. The highest BCUT2D eigenvalue weighted by Gasteiger charge is 2.09. The molecule has 0 fully saturated rings. The Hall–Kier alpha value is -0.0600. The molecule has 0 aromatic heterocycles. The summed E-state index contributed by atoms with van der Waals surface area (Å²) >= 11 is 3.81. The van der Waals surface area contributed by atoms with Crippen LogP contribution in [-0.4, -0.2) is 31.0 Å². The van der Waals surface area contributed by atoms with Gasteiger partial charge in [-0.1, -0.05) is 39.0 Å². The molecule has 120 valence electrons. The molecule has 0 amide bonds. The van der Waals surface area contributed by atoms with E-state index in [1.165, 1.54) is 32.1 Å². The molecule has 0 radical (unpaired) electrons. The van der Waals surface area contributed by atoms with E-state index in [1.807, 2.05) is 6.92 Å². The number of carbonyl (C=O) groups is 1. The van der Waals surface area contributed by atoms with Gasteiger partial charge in [-0.2, -0.15) is 0 Å². The molecule has 0 N–H and O–H groups in total. The predicted octanol–water partition coefficient (Wildman–Crippen LogP) is 4.40. The number of carbonyl (C=O) groups excluding carboxylic acids is 1. The van der Waals surface area contributed by atoms with E-state index < -0.39 is 0 Å². The molecule has 0 aliphatic heterocycles. The van der Waals surface area contributed by atoms with Crippen molar-refractivity contribution in [1.29, 1.82) is 0 Å². The van der Waals surface area contributed by atoms with Crippen LogP contribution in [0.15, 0.2) is 0 Å². The second-order valence-electron chi connectivity index (χ2n) is 5.18. The SMILES string of the molecule is CCCCCCCC(CCCC(=O)S)OCCOCC. The number of rotatable bonds is 15. The molecule has 0 aromatic carbocycles. The number of unbranched alkanes of at least 4 members (excludes halogenated alkanes) is 4. The minimum Gasteiger partial charge on any atom is -0.379 e.